The second-order valence-corrected chi connectivity index (χ2v) is 6.02. The summed E-state index contributed by atoms with van der Waals surface area (Å²) in [4.78, 5) is 13.8. The van der Waals surface area contributed by atoms with Crippen LogP contribution in [0.4, 0.5) is 5.82 Å². The number of carbonyl (C=O) groups excluding carboxylic acids is 1. The molecule has 1 unspecified atom stereocenters. The second kappa shape index (κ2) is 7.88. The number of benzene rings is 1. The average molecular weight is 325 g/mol. The monoisotopic (exact) mass is 325 g/mol. The Kier molecular flexibility index (Phi) is 5.38. The van der Waals surface area contributed by atoms with Crippen LogP contribution in [-0.2, 0) is 6.54 Å². The van der Waals surface area contributed by atoms with Gasteiger partial charge in [-0.1, -0.05) is 12.1 Å². The maximum absolute atomic E-state index is 11.6. The van der Waals surface area contributed by atoms with E-state index in [9.17, 15) is 4.79 Å². The maximum Gasteiger partial charge on any atom is 0.251 e. The number of carbonyl (C=O) groups is 1. The van der Waals surface area contributed by atoms with Gasteiger partial charge in [-0.05, 0) is 42.7 Å². The highest BCUT2D eigenvalue weighted by Gasteiger charge is 2.20. The van der Waals surface area contributed by atoms with E-state index in [1.807, 2.05) is 36.4 Å². The van der Waals surface area contributed by atoms with Crippen LogP contribution in [0.1, 0.15) is 28.8 Å². The van der Waals surface area contributed by atoms with Crippen molar-refractivity contribution in [3.8, 4) is 0 Å². The molecule has 2 aromatic rings. The van der Waals surface area contributed by atoms with E-state index in [4.69, 9.17) is 0 Å². The van der Waals surface area contributed by atoms with Crippen molar-refractivity contribution in [3.63, 3.8) is 0 Å². The zero-order valence-electron chi connectivity index (χ0n) is 13.9. The van der Waals surface area contributed by atoms with E-state index in [2.05, 4.69) is 25.7 Å². The molecule has 1 aromatic carbocycles. The summed E-state index contributed by atoms with van der Waals surface area (Å²) in [7, 11) is 1.64. The Morgan fingerprint density at radius 3 is 2.83 bits per heavy atom. The van der Waals surface area contributed by atoms with Gasteiger partial charge in [0.1, 0.15) is 0 Å². The highest BCUT2D eigenvalue weighted by Crippen LogP contribution is 2.17. The number of aromatic nitrogens is 2. The summed E-state index contributed by atoms with van der Waals surface area (Å²) < 4.78 is 0. The van der Waals surface area contributed by atoms with E-state index in [0.717, 1.165) is 38.3 Å². The van der Waals surface area contributed by atoms with Gasteiger partial charge in [0.25, 0.3) is 5.91 Å². The summed E-state index contributed by atoms with van der Waals surface area (Å²) in [5, 5.41) is 14.4. The van der Waals surface area contributed by atoms with Gasteiger partial charge < -0.3 is 15.5 Å². The third kappa shape index (κ3) is 4.08. The number of hydrogen-bond donors (Lipinski definition) is 2. The molecule has 24 heavy (non-hydrogen) atoms. The quantitative estimate of drug-likeness (QED) is 0.874. The van der Waals surface area contributed by atoms with Crippen LogP contribution >= 0.6 is 0 Å². The fourth-order valence-electron chi connectivity index (χ4n) is 2.99. The number of piperidine rings is 1. The van der Waals surface area contributed by atoms with Gasteiger partial charge in [0, 0.05) is 44.5 Å². The van der Waals surface area contributed by atoms with Gasteiger partial charge in [-0.25, -0.2) is 0 Å². The first kappa shape index (κ1) is 16.4. The van der Waals surface area contributed by atoms with Crippen molar-refractivity contribution in [2.24, 2.45) is 0 Å². The van der Waals surface area contributed by atoms with Crippen LogP contribution in [0, 0.1) is 0 Å². The summed E-state index contributed by atoms with van der Waals surface area (Å²) in [6.07, 6.45) is 4.00. The van der Waals surface area contributed by atoms with E-state index < -0.39 is 0 Å². The van der Waals surface area contributed by atoms with Crippen molar-refractivity contribution in [1.82, 2.24) is 20.8 Å². The van der Waals surface area contributed by atoms with Crippen LogP contribution in [0.2, 0.25) is 0 Å². The summed E-state index contributed by atoms with van der Waals surface area (Å²) >= 11 is 0. The number of nitrogens with one attached hydrogen (secondary N) is 2. The molecule has 3 rings (SSSR count). The second-order valence-electron chi connectivity index (χ2n) is 6.02. The third-order valence-electron chi connectivity index (χ3n) is 4.34. The number of nitrogens with zero attached hydrogens (tertiary/aromatic N) is 3. The minimum atomic E-state index is -0.0543. The first-order chi connectivity index (χ1) is 11.8. The van der Waals surface area contributed by atoms with Crippen molar-refractivity contribution in [1.29, 1.82) is 0 Å². The van der Waals surface area contributed by atoms with Gasteiger partial charge in [0.05, 0.1) is 0 Å². The molecule has 6 nitrogen and oxygen atoms in total. The maximum atomic E-state index is 11.6. The van der Waals surface area contributed by atoms with Gasteiger partial charge in [0.2, 0.25) is 0 Å². The Labute approximate surface area is 142 Å². The van der Waals surface area contributed by atoms with Gasteiger partial charge >= 0.3 is 0 Å². The van der Waals surface area contributed by atoms with Crippen LogP contribution in [-0.4, -0.2) is 42.3 Å². The molecule has 126 valence electrons. The van der Waals surface area contributed by atoms with E-state index in [1.54, 1.807) is 13.2 Å². The Hall–Kier alpha value is -2.47. The molecule has 0 radical (unpaired) electrons. The summed E-state index contributed by atoms with van der Waals surface area (Å²) in [5.74, 6) is 0.889. The smallest absolute Gasteiger partial charge is 0.251 e. The SMILES string of the molecule is CNC(=O)c1ccc(CNC2CCCN(c3cccnn3)C2)cc1. The Bertz CT molecular complexity index is 659. The van der Waals surface area contributed by atoms with E-state index in [-0.39, 0.29) is 5.91 Å². The highest BCUT2D eigenvalue weighted by atomic mass is 16.1. The molecule has 0 saturated carbocycles. The minimum absolute atomic E-state index is 0.0543. The van der Waals surface area contributed by atoms with Crippen LogP contribution in [0.5, 0.6) is 0 Å². The zero-order chi connectivity index (χ0) is 16.8. The van der Waals surface area contributed by atoms with Gasteiger partial charge in [-0.15, -0.1) is 5.10 Å². The molecule has 1 aliphatic heterocycles. The lowest BCUT2D eigenvalue weighted by Crippen LogP contribution is -2.45. The van der Waals surface area contributed by atoms with Crippen molar-refractivity contribution in [2.75, 3.05) is 25.0 Å². The third-order valence-corrected chi connectivity index (χ3v) is 4.34. The molecular weight excluding hydrogens is 302 g/mol. The Balaban J connectivity index is 1.53. The fraction of sp³-hybridized carbons (Fsp3) is 0.389. The molecular formula is C18H23N5O. The lowest BCUT2D eigenvalue weighted by Gasteiger charge is -2.33. The predicted octanol–water partition coefficient (Wildman–Crippen LogP) is 1.59. The summed E-state index contributed by atoms with van der Waals surface area (Å²) in [6.45, 7) is 2.76. The van der Waals surface area contributed by atoms with Gasteiger partial charge in [0.15, 0.2) is 5.82 Å². The number of hydrogen-bond acceptors (Lipinski definition) is 5. The van der Waals surface area contributed by atoms with Crippen molar-refractivity contribution >= 4 is 11.7 Å². The van der Waals surface area contributed by atoms with Crippen molar-refractivity contribution in [3.05, 3.63) is 53.7 Å². The Morgan fingerprint density at radius 2 is 2.12 bits per heavy atom. The van der Waals surface area contributed by atoms with Crippen LogP contribution in [0.3, 0.4) is 0 Å². The number of anilines is 1. The van der Waals surface area contributed by atoms with E-state index in [0.29, 0.717) is 11.6 Å². The molecule has 1 fully saturated rings. The summed E-state index contributed by atoms with van der Waals surface area (Å²) in [5.41, 5.74) is 1.87. The van der Waals surface area contributed by atoms with Crippen molar-refractivity contribution < 1.29 is 4.79 Å². The molecule has 1 aromatic heterocycles. The molecule has 0 aliphatic carbocycles. The lowest BCUT2D eigenvalue weighted by molar-refractivity contribution is 0.0963. The highest BCUT2D eigenvalue weighted by molar-refractivity contribution is 5.93. The topological polar surface area (TPSA) is 70.2 Å². The van der Waals surface area contributed by atoms with Crippen LogP contribution in [0.15, 0.2) is 42.6 Å². The lowest BCUT2D eigenvalue weighted by atomic mass is 10.0. The van der Waals surface area contributed by atoms with Crippen molar-refractivity contribution in [2.45, 2.75) is 25.4 Å². The fourth-order valence-corrected chi connectivity index (χ4v) is 2.99. The molecule has 2 heterocycles. The molecule has 1 atom stereocenters. The average Bonchev–Trinajstić information content (AvgIpc) is 2.67. The Morgan fingerprint density at radius 1 is 1.29 bits per heavy atom. The molecule has 2 N–H and O–H groups in total. The van der Waals surface area contributed by atoms with Crippen LogP contribution in [0.25, 0.3) is 0 Å². The van der Waals surface area contributed by atoms with Gasteiger partial charge in [-0.3, -0.25) is 4.79 Å². The largest absolute Gasteiger partial charge is 0.355 e. The number of amides is 1. The standard InChI is InChI=1S/C18H23N5O/c1-19-18(24)15-8-6-14(7-9-15)12-20-16-4-3-11-23(13-16)17-5-2-10-21-22-17/h2,5-10,16,20H,3-4,11-13H2,1H3,(H,19,24). The molecule has 6 heteroatoms. The summed E-state index contributed by atoms with van der Waals surface area (Å²) in [6, 6.07) is 12.1. The number of rotatable bonds is 5. The van der Waals surface area contributed by atoms with E-state index in [1.165, 1.54) is 5.56 Å². The molecule has 1 amide bonds. The first-order valence-electron chi connectivity index (χ1n) is 8.33. The van der Waals surface area contributed by atoms with E-state index >= 15 is 0 Å². The first-order valence-corrected chi connectivity index (χ1v) is 8.33. The molecule has 1 saturated heterocycles. The molecule has 0 bridgehead atoms. The molecule has 1 aliphatic rings. The van der Waals surface area contributed by atoms with Gasteiger partial charge in [-0.2, -0.15) is 5.10 Å². The molecule has 0 spiro atoms. The van der Waals surface area contributed by atoms with Crippen LogP contribution < -0.4 is 15.5 Å². The zero-order valence-corrected chi connectivity index (χ0v) is 13.9. The normalized spacial score (nSPS) is 17.5. The predicted molar refractivity (Wildman–Crippen MR) is 93.9 cm³/mol. The minimum Gasteiger partial charge on any atom is -0.355 e.